The van der Waals surface area contributed by atoms with Crippen molar-refractivity contribution in [3.63, 3.8) is 0 Å². The van der Waals surface area contributed by atoms with Crippen LogP contribution in [-0.4, -0.2) is 129 Å². The first-order valence-electron chi connectivity index (χ1n) is 17.1. The molecular weight excluding hydrogens is 765 g/mol. The fourth-order valence-electron chi connectivity index (χ4n) is 4.66. The number of aromatic nitrogens is 6. The lowest BCUT2D eigenvalue weighted by Gasteiger charge is -2.33. The van der Waals surface area contributed by atoms with E-state index in [-0.39, 0.29) is 50.8 Å². The molecule has 2 unspecified atom stereocenters. The lowest BCUT2D eigenvalue weighted by atomic mass is 9.94. The summed E-state index contributed by atoms with van der Waals surface area (Å²) in [6.45, 7) is 14.7. The maximum Gasteiger partial charge on any atom is 0.109 e. The van der Waals surface area contributed by atoms with Crippen LogP contribution in [0.5, 0.6) is 0 Å². The number of nitrogens with zero attached hydrogens (tertiary/aromatic N) is 8. The van der Waals surface area contributed by atoms with Crippen LogP contribution < -0.4 is 5.84 Å². The van der Waals surface area contributed by atoms with E-state index < -0.39 is 5.41 Å². The van der Waals surface area contributed by atoms with Gasteiger partial charge in [0.15, 0.2) is 0 Å². The molecule has 0 radical (unpaired) electrons. The highest BCUT2D eigenvalue weighted by Crippen LogP contribution is 2.25. The van der Waals surface area contributed by atoms with Crippen LogP contribution in [0.15, 0.2) is 22.5 Å². The third kappa shape index (κ3) is 17.4. The standard InChI is InChI=1S/C32H58IN9O8/c1-6-31(4,8-15-48-32(5,7-2)9-16-50-33)49-17-10-35-18-27(36-34)21-45-24-30(3,25-46-22-28-19-41(11-13-43)39-37-28)26-47-23-29-20-42(12-14-44)40-38-29/h18-20,43-44H,6-17,21-26,34H2,1-5H3. The Morgan fingerprint density at radius 3 is 1.86 bits per heavy atom. The molecule has 0 spiro atoms. The van der Waals surface area contributed by atoms with Crippen LogP contribution in [0.3, 0.4) is 0 Å². The molecule has 0 fully saturated rings. The summed E-state index contributed by atoms with van der Waals surface area (Å²) in [4.78, 5) is 4.46. The second kappa shape index (κ2) is 24.1. The summed E-state index contributed by atoms with van der Waals surface area (Å²) in [6.07, 6.45) is 8.45. The average molecular weight is 824 g/mol. The first kappa shape index (κ1) is 44.0. The molecule has 0 amide bonds. The fourth-order valence-corrected chi connectivity index (χ4v) is 4.88. The second-order valence-corrected chi connectivity index (χ2v) is 13.6. The van der Waals surface area contributed by atoms with Gasteiger partial charge in [-0.2, -0.15) is 5.10 Å². The molecule has 0 aromatic carbocycles. The number of nitrogens with two attached hydrogens (primary N) is 1. The zero-order chi connectivity index (χ0) is 36.7. The van der Waals surface area contributed by atoms with Crippen LogP contribution >= 0.6 is 23.0 Å². The molecular formula is C32H58IN9O8. The minimum absolute atomic E-state index is 0.0279. The molecule has 2 atom stereocenters. The Bertz CT molecular complexity index is 1200. The second-order valence-electron chi connectivity index (χ2n) is 13.0. The smallest absolute Gasteiger partial charge is 0.109 e. The van der Waals surface area contributed by atoms with E-state index in [2.05, 4.69) is 58.4 Å². The highest BCUT2D eigenvalue weighted by atomic mass is 127. The minimum atomic E-state index is -0.556. The Hall–Kier alpha value is -2.17. The first-order valence-corrected chi connectivity index (χ1v) is 17.9. The number of hydrogen-bond acceptors (Lipinski definition) is 15. The van der Waals surface area contributed by atoms with Gasteiger partial charge in [-0.1, -0.05) is 31.2 Å². The Morgan fingerprint density at radius 2 is 1.36 bits per heavy atom. The molecule has 4 N–H and O–H groups in total. The minimum Gasteiger partial charge on any atom is -0.394 e. The lowest BCUT2D eigenvalue weighted by molar-refractivity contribution is -0.0903. The third-order valence-corrected chi connectivity index (χ3v) is 8.73. The molecule has 18 heteroatoms. The highest BCUT2D eigenvalue weighted by Gasteiger charge is 2.28. The molecule has 0 saturated heterocycles. The van der Waals surface area contributed by atoms with Crippen molar-refractivity contribution in [1.82, 2.24) is 30.0 Å². The summed E-state index contributed by atoms with van der Waals surface area (Å²) < 4.78 is 38.8. The highest BCUT2D eigenvalue weighted by molar-refractivity contribution is 14.1. The largest absolute Gasteiger partial charge is 0.394 e. The quantitative estimate of drug-likeness (QED) is 0.0341. The van der Waals surface area contributed by atoms with Crippen molar-refractivity contribution in [2.45, 2.75) is 97.8 Å². The average Bonchev–Trinajstić information content (AvgIpc) is 3.76. The van der Waals surface area contributed by atoms with E-state index >= 15 is 0 Å². The van der Waals surface area contributed by atoms with E-state index in [0.29, 0.717) is 69.8 Å². The zero-order valence-electron chi connectivity index (χ0n) is 30.3. The molecule has 2 aromatic heterocycles. The van der Waals surface area contributed by atoms with Crippen molar-refractivity contribution < 1.29 is 37.0 Å². The normalized spacial score (nSPS) is 15.2. The molecule has 0 saturated carbocycles. The molecule has 0 aliphatic heterocycles. The van der Waals surface area contributed by atoms with Crippen LogP contribution in [-0.2, 0) is 53.1 Å². The van der Waals surface area contributed by atoms with Crippen molar-refractivity contribution in [2.24, 2.45) is 21.4 Å². The number of aliphatic hydroxyl groups is 2. The zero-order valence-corrected chi connectivity index (χ0v) is 32.5. The fraction of sp³-hybridized carbons (Fsp3) is 0.812. The van der Waals surface area contributed by atoms with Gasteiger partial charge in [0.2, 0.25) is 0 Å². The van der Waals surface area contributed by atoms with Gasteiger partial charge in [-0.3, -0.25) is 4.99 Å². The van der Waals surface area contributed by atoms with Crippen molar-refractivity contribution in [3.8, 4) is 0 Å². The van der Waals surface area contributed by atoms with Gasteiger partial charge in [0, 0.05) is 18.1 Å². The van der Waals surface area contributed by atoms with E-state index in [1.165, 1.54) is 0 Å². The van der Waals surface area contributed by atoms with Crippen LogP contribution in [0.4, 0.5) is 0 Å². The van der Waals surface area contributed by atoms with E-state index in [4.69, 9.17) is 42.8 Å². The predicted molar refractivity (Wildman–Crippen MR) is 196 cm³/mol. The molecule has 2 heterocycles. The maximum absolute atomic E-state index is 9.12. The molecule has 50 heavy (non-hydrogen) atoms. The lowest BCUT2D eigenvalue weighted by Crippen LogP contribution is -2.35. The van der Waals surface area contributed by atoms with Gasteiger partial charge in [0.1, 0.15) is 40.1 Å². The summed E-state index contributed by atoms with van der Waals surface area (Å²) in [5, 5.41) is 38.2. The van der Waals surface area contributed by atoms with E-state index in [1.54, 1.807) is 28.0 Å². The number of halogens is 1. The van der Waals surface area contributed by atoms with Gasteiger partial charge in [-0.05, 0) is 33.1 Å². The van der Waals surface area contributed by atoms with Crippen molar-refractivity contribution in [3.05, 3.63) is 23.8 Å². The van der Waals surface area contributed by atoms with Gasteiger partial charge in [-0.25, -0.2) is 9.36 Å². The van der Waals surface area contributed by atoms with Crippen LogP contribution in [0.1, 0.15) is 71.7 Å². The molecule has 2 rings (SSSR count). The molecule has 286 valence electrons. The summed E-state index contributed by atoms with van der Waals surface area (Å²) in [6, 6.07) is 0. The number of hydrogen-bond donors (Lipinski definition) is 3. The molecule has 0 aliphatic rings. The Labute approximate surface area is 309 Å². The van der Waals surface area contributed by atoms with Crippen LogP contribution in [0.2, 0.25) is 0 Å². The first-order chi connectivity index (χ1) is 24.0. The Morgan fingerprint density at radius 1 is 0.840 bits per heavy atom. The number of aliphatic imine (C=N–C) groups is 1. The van der Waals surface area contributed by atoms with Gasteiger partial charge < -0.3 is 42.8 Å². The van der Waals surface area contributed by atoms with Gasteiger partial charge >= 0.3 is 0 Å². The predicted octanol–water partition coefficient (Wildman–Crippen LogP) is 2.51. The van der Waals surface area contributed by atoms with Crippen LogP contribution in [0, 0.1) is 5.41 Å². The van der Waals surface area contributed by atoms with E-state index in [0.717, 1.165) is 25.7 Å². The van der Waals surface area contributed by atoms with Gasteiger partial charge in [-0.15, -0.1) is 10.2 Å². The number of hydrazone groups is 1. The molecule has 2 aromatic rings. The van der Waals surface area contributed by atoms with Crippen molar-refractivity contribution in [2.75, 3.05) is 66.0 Å². The van der Waals surface area contributed by atoms with Crippen molar-refractivity contribution in [1.29, 1.82) is 0 Å². The summed E-state index contributed by atoms with van der Waals surface area (Å²) in [5.74, 6) is 5.65. The summed E-state index contributed by atoms with van der Waals surface area (Å²) in [5.41, 5.74) is 0.680. The molecule has 0 aliphatic carbocycles. The molecule has 0 bridgehead atoms. The summed E-state index contributed by atoms with van der Waals surface area (Å²) >= 11 is 1.92. The SMILES string of the molecule is CCC(C)(CCOI)OCCC(C)(CC)OCCN=CC(COCC(C)(COCc1cn(CCO)nn1)COCc1cn(CCO)nn1)=NN. The Balaban J connectivity index is 1.84. The number of ether oxygens (including phenoxy) is 5. The van der Waals surface area contributed by atoms with Gasteiger partial charge in [0.25, 0.3) is 0 Å². The summed E-state index contributed by atoms with van der Waals surface area (Å²) in [7, 11) is 0. The molecule has 17 nitrogen and oxygen atoms in total. The van der Waals surface area contributed by atoms with E-state index in [1.807, 2.05) is 29.9 Å². The van der Waals surface area contributed by atoms with Crippen molar-refractivity contribution >= 4 is 34.9 Å². The number of rotatable bonds is 30. The monoisotopic (exact) mass is 823 g/mol. The van der Waals surface area contributed by atoms with Gasteiger partial charge in [0.05, 0.1) is 116 Å². The van der Waals surface area contributed by atoms with E-state index in [9.17, 15) is 0 Å². The maximum atomic E-state index is 9.12. The van der Waals surface area contributed by atoms with Crippen LogP contribution in [0.25, 0.3) is 0 Å². The number of aliphatic hydroxyl groups excluding tert-OH is 2. The third-order valence-electron chi connectivity index (χ3n) is 8.29. The topological polar surface area (TPSA) is 208 Å². The Kier molecular flexibility index (Phi) is 21.2.